The Morgan fingerprint density at radius 1 is 0.900 bits per heavy atom. The zero-order valence-corrected chi connectivity index (χ0v) is 6.58. The SMILES string of the molecule is c1ccc2ossoc2c1. The molecule has 0 aliphatic rings. The van der Waals surface area contributed by atoms with E-state index in [1.165, 1.54) is 21.3 Å². The number of rotatable bonds is 0. The van der Waals surface area contributed by atoms with Crippen molar-refractivity contribution in [2.45, 2.75) is 0 Å². The molecule has 52 valence electrons. The van der Waals surface area contributed by atoms with Gasteiger partial charge in [0, 0.05) is 0 Å². The van der Waals surface area contributed by atoms with Gasteiger partial charge in [0.05, 0.1) is 0 Å². The summed E-state index contributed by atoms with van der Waals surface area (Å²) >= 11 is 0. The topological polar surface area (TPSA) is 26.3 Å². The number of hydrogen-bond acceptors (Lipinski definition) is 4. The van der Waals surface area contributed by atoms with E-state index in [-0.39, 0.29) is 0 Å². The average Bonchev–Trinajstić information content (AvgIpc) is 2.05. The second-order valence-corrected chi connectivity index (χ2v) is 3.17. The monoisotopic (exact) mass is 172 g/mol. The summed E-state index contributed by atoms with van der Waals surface area (Å²) in [6.07, 6.45) is 0. The molecule has 0 fully saturated rings. The number of para-hydroxylation sites is 2. The maximum Gasteiger partial charge on any atom is 0.189 e. The van der Waals surface area contributed by atoms with Crippen molar-refractivity contribution < 1.29 is 7.70 Å². The lowest BCUT2D eigenvalue weighted by molar-refractivity contribution is 0.690. The molecule has 2 rings (SSSR count). The van der Waals surface area contributed by atoms with E-state index in [2.05, 4.69) is 0 Å². The summed E-state index contributed by atoms with van der Waals surface area (Å²) in [6.45, 7) is 0. The second kappa shape index (κ2) is 2.48. The Labute approximate surface area is 64.8 Å². The minimum atomic E-state index is 0.797. The van der Waals surface area contributed by atoms with Crippen LogP contribution in [-0.4, -0.2) is 0 Å². The van der Waals surface area contributed by atoms with Crippen molar-refractivity contribution in [1.29, 1.82) is 0 Å². The molecule has 0 aliphatic heterocycles. The minimum Gasteiger partial charge on any atom is -0.386 e. The van der Waals surface area contributed by atoms with E-state index in [0.29, 0.717) is 0 Å². The molecule has 0 saturated heterocycles. The molecule has 0 spiro atoms. The Balaban J connectivity index is 2.89. The van der Waals surface area contributed by atoms with E-state index in [1.54, 1.807) is 0 Å². The molecule has 0 saturated carbocycles. The van der Waals surface area contributed by atoms with E-state index in [4.69, 9.17) is 7.70 Å². The summed E-state index contributed by atoms with van der Waals surface area (Å²) in [5, 5.41) is 0. The second-order valence-electron chi connectivity index (χ2n) is 1.75. The molecule has 10 heavy (non-hydrogen) atoms. The van der Waals surface area contributed by atoms with E-state index in [9.17, 15) is 0 Å². The first-order valence-electron chi connectivity index (χ1n) is 2.74. The third kappa shape index (κ3) is 0.955. The van der Waals surface area contributed by atoms with Gasteiger partial charge in [0.15, 0.2) is 11.2 Å². The standard InChI is InChI=1S/C6H4O2S2/c1-2-4-6-5(3-1)7-9-10-8-6/h1-4H. The van der Waals surface area contributed by atoms with Crippen molar-refractivity contribution in [2.75, 3.05) is 0 Å². The van der Waals surface area contributed by atoms with Crippen molar-refractivity contribution in [3.05, 3.63) is 24.3 Å². The summed E-state index contributed by atoms with van der Waals surface area (Å²) in [6, 6.07) is 7.58. The quantitative estimate of drug-likeness (QED) is 0.570. The highest BCUT2D eigenvalue weighted by Gasteiger charge is 1.92. The van der Waals surface area contributed by atoms with E-state index < -0.39 is 0 Å². The fraction of sp³-hybridized carbons (Fsp3) is 0. The van der Waals surface area contributed by atoms with Crippen LogP contribution in [0.25, 0.3) is 11.2 Å². The lowest BCUT2D eigenvalue weighted by Crippen LogP contribution is -1.63. The predicted molar refractivity (Wildman–Crippen MR) is 41.9 cm³/mol. The summed E-state index contributed by atoms with van der Waals surface area (Å²) in [7, 11) is 2.46. The molecule has 0 N–H and O–H groups in total. The summed E-state index contributed by atoms with van der Waals surface area (Å²) in [4.78, 5) is 0. The Morgan fingerprint density at radius 3 is 1.90 bits per heavy atom. The minimum absolute atomic E-state index is 0.797. The molecular formula is C6H4O2S2. The molecule has 0 radical (unpaired) electrons. The van der Waals surface area contributed by atoms with Gasteiger partial charge in [-0.2, -0.15) is 0 Å². The van der Waals surface area contributed by atoms with E-state index in [0.717, 1.165) is 11.2 Å². The molecule has 0 amide bonds. The molecule has 0 bridgehead atoms. The summed E-state index contributed by atoms with van der Waals surface area (Å²) in [5.74, 6) is 0. The number of benzene rings is 1. The molecule has 4 heteroatoms. The van der Waals surface area contributed by atoms with Crippen molar-refractivity contribution in [1.82, 2.24) is 0 Å². The predicted octanol–water partition coefficient (Wildman–Crippen LogP) is 3.27. The average molecular weight is 172 g/mol. The van der Waals surface area contributed by atoms with Crippen LogP contribution in [0.4, 0.5) is 0 Å². The molecule has 1 aromatic carbocycles. The van der Waals surface area contributed by atoms with Gasteiger partial charge in [0.25, 0.3) is 0 Å². The maximum absolute atomic E-state index is 5.18. The van der Waals surface area contributed by atoms with Crippen LogP contribution in [0, 0.1) is 0 Å². The summed E-state index contributed by atoms with van der Waals surface area (Å²) < 4.78 is 10.4. The smallest absolute Gasteiger partial charge is 0.189 e. The van der Waals surface area contributed by atoms with Gasteiger partial charge in [-0.3, -0.25) is 0 Å². The van der Waals surface area contributed by atoms with Gasteiger partial charge in [0.1, 0.15) is 21.3 Å². The molecule has 1 heterocycles. The Hall–Kier alpha value is -0.740. The van der Waals surface area contributed by atoms with Crippen LogP contribution < -0.4 is 0 Å². The third-order valence-electron chi connectivity index (χ3n) is 1.12. The van der Waals surface area contributed by atoms with Gasteiger partial charge in [0.2, 0.25) is 0 Å². The molecule has 0 unspecified atom stereocenters. The van der Waals surface area contributed by atoms with Crippen LogP contribution >= 0.6 is 21.3 Å². The molecule has 0 aliphatic carbocycles. The van der Waals surface area contributed by atoms with Gasteiger partial charge in [-0.05, 0) is 12.1 Å². The third-order valence-corrected chi connectivity index (χ3v) is 2.25. The first kappa shape index (κ1) is 6.00. The Morgan fingerprint density at radius 2 is 1.40 bits per heavy atom. The van der Waals surface area contributed by atoms with Crippen molar-refractivity contribution >= 4 is 32.4 Å². The highest BCUT2D eigenvalue weighted by Crippen LogP contribution is 2.18. The first-order chi connectivity index (χ1) is 4.97. The zero-order chi connectivity index (χ0) is 6.81. The lowest BCUT2D eigenvalue weighted by atomic mass is 10.3. The Kier molecular flexibility index (Phi) is 1.49. The van der Waals surface area contributed by atoms with Crippen LogP contribution in [0.1, 0.15) is 0 Å². The van der Waals surface area contributed by atoms with Gasteiger partial charge in [-0.1, -0.05) is 12.1 Å². The van der Waals surface area contributed by atoms with E-state index in [1.807, 2.05) is 24.3 Å². The van der Waals surface area contributed by atoms with Crippen LogP contribution in [0.2, 0.25) is 0 Å². The number of hydrogen-bond donors (Lipinski definition) is 0. The van der Waals surface area contributed by atoms with Gasteiger partial charge in [-0.15, -0.1) is 0 Å². The molecule has 2 nitrogen and oxygen atoms in total. The zero-order valence-electron chi connectivity index (χ0n) is 4.94. The van der Waals surface area contributed by atoms with Crippen LogP contribution in [0.3, 0.4) is 0 Å². The van der Waals surface area contributed by atoms with Crippen LogP contribution in [0.5, 0.6) is 0 Å². The van der Waals surface area contributed by atoms with Crippen molar-refractivity contribution in [2.24, 2.45) is 0 Å². The van der Waals surface area contributed by atoms with Gasteiger partial charge < -0.3 is 7.70 Å². The normalized spacial score (nSPS) is 10.0. The van der Waals surface area contributed by atoms with Gasteiger partial charge >= 0.3 is 0 Å². The van der Waals surface area contributed by atoms with Crippen LogP contribution in [0.15, 0.2) is 32.0 Å². The molecule has 2 aromatic rings. The van der Waals surface area contributed by atoms with Gasteiger partial charge in [-0.25, -0.2) is 0 Å². The van der Waals surface area contributed by atoms with Crippen molar-refractivity contribution in [3.63, 3.8) is 0 Å². The number of fused-ring (bicyclic) bond motifs is 1. The van der Waals surface area contributed by atoms with Crippen molar-refractivity contribution in [3.8, 4) is 0 Å². The van der Waals surface area contributed by atoms with E-state index >= 15 is 0 Å². The lowest BCUT2D eigenvalue weighted by Gasteiger charge is -1.88. The highest BCUT2D eigenvalue weighted by atomic mass is 32.9. The Bertz CT molecular complexity index is 285. The fourth-order valence-corrected chi connectivity index (χ4v) is 1.77. The fourth-order valence-electron chi connectivity index (χ4n) is 0.689. The molecule has 1 aromatic heterocycles. The maximum atomic E-state index is 5.18. The summed E-state index contributed by atoms with van der Waals surface area (Å²) in [5.41, 5.74) is 1.59. The molecular weight excluding hydrogens is 168 g/mol. The highest BCUT2D eigenvalue weighted by molar-refractivity contribution is 7.61. The molecule has 0 atom stereocenters. The largest absolute Gasteiger partial charge is 0.386 e. The first-order valence-corrected chi connectivity index (χ1v) is 4.74. The van der Waals surface area contributed by atoms with Crippen LogP contribution in [-0.2, 0) is 0 Å².